The molecule has 0 radical (unpaired) electrons. The van der Waals surface area contributed by atoms with Crippen LogP contribution in [-0.2, 0) is 20.5 Å². The lowest BCUT2D eigenvalue weighted by Crippen LogP contribution is -2.43. The smallest absolute Gasteiger partial charge is 0.327 e. The van der Waals surface area contributed by atoms with E-state index in [1.54, 1.807) is 12.1 Å². The second kappa shape index (κ2) is 10.8. The van der Waals surface area contributed by atoms with Crippen molar-refractivity contribution in [3.63, 3.8) is 0 Å². The highest BCUT2D eigenvalue weighted by Crippen LogP contribution is 2.21. The third-order valence-corrected chi connectivity index (χ3v) is 6.13. The molecule has 0 saturated heterocycles. The van der Waals surface area contributed by atoms with Gasteiger partial charge in [-0.1, -0.05) is 0 Å². The fraction of sp³-hybridized carbons (Fsp3) is 0.211. The summed E-state index contributed by atoms with van der Waals surface area (Å²) in [4.78, 5) is 50.3. The number of nitrogen functional groups attached to an aromatic ring is 1. The Morgan fingerprint density at radius 2 is 1.86 bits per heavy atom. The number of aliphatic hydroxyl groups is 1. The van der Waals surface area contributed by atoms with Crippen LogP contribution in [0.2, 0.25) is 0 Å². The van der Waals surface area contributed by atoms with Crippen LogP contribution in [0, 0.1) is 0 Å². The third-order valence-electron chi connectivity index (χ3n) is 4.71. The van der Waals surface area contributed by atoms with E-state index in [4.69, 9.17) is 5.73 Å². The molecule has 0 aliphatic carbocycles. The van der Waals surface area contributed by atoms with Gasteiger partial charge in [0, 0.05) is 17.7 Å². The second-order valence-electron chi connectivity index (χ2n) is 7.16. The van der Waals surface area contributed by atoms with Crippen LogP contribution in [0.15, 0.2) is 35.3 Å². The molecule has 0 fully saturated rings. The van der Waals surface area contributed by atoms with Crippen molar-refractivity contribution in [3.8, 4) is 0 Å². The molecule has 182 valence electrons. The summed E-state index contributed by atoms with van der Waals surface area (Å²) in [6.45, 7) is 0.190. The van der Waals surface area contributed by atoms with Gasteiger partial charge in [-0.05, 0) is 36.5 Å². The highest BCUT2D eigenvalue weighted by atomic mass is 32.1. The Labute approximate surface area is 201 Å². The number of fused-ring (bicyclic) bond motifs is 1. The number of anilines is 2. The number of hydrogen-bond donors (Lipinski definition) is 6. The number of carbonyl (C=O) groups is 2. The summed E-state index contributed by atoms with van der Waals surface area (Å²) in [6, 6.07) is 4.34. The molecule has 0 bridgehead atoms. The summed E-state index contributed by atoms with van der Waals surface area (Å²) in [5.74, 6) is -2.32. The lowest BCUT2D eigenvalue weighted by atomic mass is 10.1. The van der Waals surface area contributed by atoms with E-state index in [2.05, 4.69) is 42.8 Å². The Balaban J connectivity index is 1.65. The molecular formula is C19H18N7O7PS. The summed E-state index contributed by atoms with van der Waals surface area (Å²) in [5.41, 5.74) is 4.63. The molecule has 2 aromatic heterocycles. The van der Waals surface area contributed by atoms with E-state index < -0.39 is 48.3 Å². The number of nitrogens with two attached hydrogens (primary N) is 1. The van der Waals surface area contributed by atoms with Crippen LogP contribution >= 0.6 is 19.9 Å². The largest absolute Gasteiger partial charge is 0.501 e. The number of carboxylic acids is 1. The van der Waals surface area contributed by atoms with Crippen LogP contribution in [0.5, 0.6) is 0 Å². The molecule has 0 spiro atoms. The summed E-state index contributed by atoms with van der Waals surface area (Å²) in [5, 5.41) is 23.0. The molecule has 0 aliphatic heterocycles. The molecule has 3 aromatic rings. The molecule has 35 heavy (non-hydrogen) atoms. The van der Waals surface area contributed by atoms with Gasteiger partial charge in [0.1, 0.15) is 11.7 Å². The first-order valence-electron chi connectivity index (χ1n) is 9.80. The molecule has 16 heteroatoms. The average molecular weight is 519 g/mol. The van der Waals surface area contributed by atoms with E-state index in [0.717, 1.165) is 0 Å². The number of thiocarbonyl (C=S) groups is 1. The van der Waals surface area contributed by atoms with Gasteiger partial charge in [-0.3, -0.25) is 14.6 Å². The Kier molecular flexibility index (Phi) is 7.83. The van der Waals surface area contributed by atoms with E-state index >= 15 is 0 Å². The molecular weight excluding hydrogens is 501 g/mol. The Bertz CT molecular complexity index is 1420. The topological polar surface area (TPSA) is 230 Å². The predicted octanol–water partition coefficient (Wildman–Crippen LogP) is 0.907. The number of aromatic nitrogens is 4. The number of hydrogen-bond acceptors (Lipinski definition) is 11. The van der Waals surface area contributed by atoms with Crippen LogP contribution in [-0.4, -0.2) is 58.8 Å². The quantitative estimate of drug-likeness (QED) is 0.162. The van der Waals surface area contributed by atoms with Crippen molar-refractivity contribution in [1.29, 1.82) is 0 Å². The number of benzene rings is 1. The van der Waals surface area contributed by atoms with Crippen molar-refractivity contribution >= 4 is 59.6 Å². The number of aliphatic hydroxyl groups excluding tert-OH is 1. The SMILES string of the molecule is Nc1nc2ncc(CNc3ccc(C(=O)N[C@@H](CC(C(O)=S)P(=O)=O)C(=O)O)cc3)nc2c(=O)[nH]1. The fourth-order valence-corrected chi connectivity index (χ4v) is 3.87. The minimum Gasteiger partial charge on any atom is -0.501 e. The molecule has 1 amide bonds. The summed E-state index contributed by atoms with van der Waals surface area (Å²) in [6.07, 6.45) is 0.808. The van der Waals surface area contributed by atoms with Gasteiger partial charge in [0.25, 0.3) is 11.5 Å². The number of amides is 1. The third kappa shape index (κ3) is 6.43. The second-order valence-corrected chi connectivity index (χ2v) is 8.77. The predicted molar refractivity (Wildman–Crippen MR) is 127 cm³/mol. The number of nitrogens with one attached hydrogen (secondary N) is 3. The van der Waals surface area contributed by atoms with E-state index in [0.29, 0.717) is 11.4 Å². The maximum Gasteiger partial charge on any atom is 0.327 e. The number of carboxylic acid groups (broad SMARTS) is 1. The van der Waals surface area contributed by atoms with Gasteiger partial charge < -0.3 is 26.6 Å². The molecule has 1 unspecified atom stereocenters. The van der Waals surface area contributed by atoms with Crippen LogP contribution in [0.3, 0.4) is 0 Å². The number of rotatable bonds is 10. The van der Waals surface area contributed by atoms with Crippen molar-refractivity contribution in [2.45, 2.75) is 24.7 Å². The minimum atomic E-state index is -3.23. The normalized spacial score (nSPS) is 12.5. The van der Waals surface area contributed by atoms with E-state index in [-0.39, 0.29) is 29.2 Å². The van der Waals surface area contributed by atoms with Crippen LogP contribution in [0.25, 0.3) is 11.2 Å². The standard InChI is InChI=1S/C19H18N7O7PS/c20-19-25-14-13(16(28)26-19)23-10(7-22-14)6-21-9-3-1-8(2-4-9)15(27)24-11(17(29)30)5-12(18(31)35)34(32)33/h1-4,7,11-12,21H,5-6H2,(H,24,27)(H,29,30)(H,31,35)(H3,20,22,25,26,28)/t11-,12?/m0/s1. The Hall–Kier alpha value is -4.23. The van der Waals surface area contributed by atoms with Gasteiger partial charge in [-0.15, -0.1) is 0 Å². The van der Waals surface area contributed by atoms with E-state index in [1.807, 2.05) is 0 Å². The summed E-state index contributed by atoms with van der Waals surface area (Å²) >= 11 is 4.44. The fourth-order valence-electron chi connectivity index (χ4n) is 2.95. The average Bonchev–Trinajstić information content (AvgIpc) is 2.80. The maximum absolute atomic E-state index is 12.4. The minimum absolute atomic E-state index is 0.0317. The van der Waals surface area contributed by atoms with Crippen molar-refractivity contribution < 1.29 is 28.9 Å². The highest BCUT2D eigenvalue weighted by molar-refractivity contribution is 7.80. The first-order valence-corrected chi connectivity index (χ1v) is 11.5. The Morgan fingerprint density at radius 3 is 2.46 bits per heavy atom. The first-order chi connectivity index (χ1) is 16.5. The van der Waals surface area contributed by atoms with Crippen molar-refractivity contribution in [2.75, 3.05) is 11.1 Å². The van der Waals surface area contributed by atoms with Crippen molar-refractivity contribution in [3.05, 3.63) is 52.1 Å². The molecule has 2 heterocycles. The number of aromatic amines is 1. The summed E-state index contributed by atoms with van der Waals surface area (Å²) < 4.78 is 22.4. The highest BCUT2D eigenvalue weighted by Gasteiger charge is 2.30. The molecule has 3 rings (SSSR count). The number of nitrogens with zero attached hydrogens (tertiary/aromatic N) is 3. The number of aliphatic carboxylic acids is 1. The zero-order valence-corrected chi connectivity index (χ0v) is 19.4. The zero-order chi connectivity index (χ0) is 25.7. The van der Waals surface area contributed by atoms with Gasteiger partial charge in [0.05, 0.1) is 18.4 Å². The lowest BCUT2D eigenvalue weighted by molar-refractivity contribution is -0.139. The van der Waals surface area contributed by atoms with Crippen LogP contribution in [0.1, 0.15) is 22.5 Å². The molecule has 1 aromatic carbocycles. The number of H-pyrrole nitrogens is 1. The first kappa shape index (κ1) is 25.4. The monoisotopic (exact) mass is 519 g/mol. The van der Waals surface area contributed by atoms with Gasteiger partial charge in [-0.2, -0.15) is 4.98 Å². The van der Waals surface area contributed by atoms with Gasteiger partial charge >= 0.3 is 13.6 Å². The van der Waals surface area contributed by atoms with Crippen LogP contribution in [0.4, 0.5) is 11.6 Å². The van der Waals surface area contributed by atoms with Crippen molar-refractivity contribution in [1.82, 2.24) is 25.3 Å². The molecule has 0 aliphatic rings. The molecule has 7 N–H and O–H groups in total. The number of carbonyl (C=O) groups excluding carboxylic acids is 1. The van der Waals surface area contributed by atoms with Crippen molar-refractivity contribution in [2.24, 2.45) is 0 Å². The summed E-state index contributed by atoms with van der Waals surface area (Å²) in [7, 11) is -3.23. The van der Waals surface area contributed by atoms with Gasteiger partial charge in [0.2, 0.25) is 5.95 Å². The zero-order valence-electron chi connectivity index (χ0n) is 17.7. The Morgan fingerprint density at radius 1 is 1.17 bits per heavy atom. The lowest BCUT2D eigenvalue weighted by Gasteiger charge is -2.16. The van der Waals surface area contributed by atoms with E-state index in [9.17, 15) is 33.7 Å². The maximum atomic E-state index is 12.4. The van der Waals surface area contributed by atoms with E-state index in [1.165, 1.54) is 18.3 Å². The molecule has 14 nitrogen and oxygen atoms in total. The van der Waals surface area contributed by atoms with Gasteiger partial charge in [-0.25, -0.2) is 23.9 Å². The molecule has 0 saturated carbocycles. The van der Waals surface area contributed by atoms with Crippen LogP contribution < -0.4 is 21.9 Å². The van der Waals surface area contributed by atoms with Gasteiger partial charge in [0.15, 0.2) is 16.2 Å². The molecule has 2 atom stereocenters.